The maximum atomic E-state index is 12.5. The maximum Gasteiger partial charge on any atom is 0.263 e. The first-order chi connectivity index (χ1) is 13.0. The molecule has 0 saturated carbocycles. The van der Waals surface area contributed by atoms with E-state index in [9.17, 15) is 9.59 Å². The molecule has 2 amide bonds. The molecule has 0 radical (unpaired) electrons. The van der Waals surface area contributed by atoms with Crippen LogP contribution in [0.15, 0.2) is 48.7 Å². The Morgan fingerprint density at radius 2 is 1.85 bits per heavy atom. The van der Waals surface area contributed by atoms with Crippen LogP contribution in [0.2, 0.25) is 0 Å². The summed E-state index contributed by atoms with van der Waals surface area (Å²) >= 11 is 1.33. The minimum absolute atomic E-state index is 0.0482. The number of hydrogen-bond donors (Lipinski definition) is 1. The van der Waals surface area contributed by atoms with E-state index < -0.39 is 0 Å². The first-order valence-electron chi connectivity index (χ1n) is 8.43. The lowest BCUT2D eigenvalue weighted by atomic mass is 10.1. The summed E-state index contributed by atoms with van der Waals surface area (Å²) in [6.45, 7) is 2.20. The van der Waals surface area contributed by atoms with E-state index in [1.54, 1.807) is 32.4 Å². The average Bonchev–Trinajstić information content (AvgIpc) is 3.08. The normalized spacial score (nSPS) is 10.5. The average molecular weight is 380 g/mol. The van der Waals surface area contributed by atoms with Gasteiger partial charge in [-0.3, -0.25) is 14.6 Å². The lowest BCUT2D eigenvalue weighted by Crippen LogP contribution is -2.23. The smallest absolute Gasteiger partial charge is 0.263 e. The number of amides is 2. The Morgan fingerprint density at radius 3 is 2.48 bits per heavy atom. The second kappa shape index (κ2) is 8.09. The molecule has 1 aromatic carbocycles. The molecule has 2 heterocycles. The molecular formula is C20H20N4O2S. The molecule has 3 rings (SSSR count). The maximum absolute atomic E-state index is 12.5. The fourth-order valence-corrected chi connectivity index (χ4v) is 3.45. The fourth-order valence-electron chi connectivity index (χ4n) is 2.49. The number of rotatable bonds is 5. The van der Waals surface area contributed by atoms with Crippen molar-refractivity contribution in [1.29, 1.82) is 0 Å². The first kappa shape index (κ1) is 18.7. The molecule has 138 valence electrons. The Kier molecular flexibility index (Phi) is 5.61. The molecule has 1 N–H and O–H groups in total. The molecular weight excluding hydrogens is 360 g/mol. The van der Waals surface area contributed by atoms with Crippen LogP contribution < -0.4 is 5.32 Å². The van der Waals surface area contributed by atoms with Crippen molar-refractivity contribution in [1.82, 2.24) is 20.2 Å². The fraction of sp³-hybridized carbons (Fsp3) is 0.200. The predicted octanol–water partition coefficient (Wildman–Crippen LogP) is 3.15. The molecule has 0 unspecified atom stereocenters. The van der Waals surface area contributed by atoms with E-state index in [0.29, 0.717) is 22.7 Å². The predicted molar refractivity (Wildman–Crippen MR) is 106 cm³/mol. The van der Waals surface area contributed by atoms with Crippen molar-refractivity contribution in [3.8, 4) is 10.7 Å². The van der Waals surface area contributed by atoms with E-state index in [-0.39, 0.29) is 11.8 Å². The highest BCUT2D eigenvalue weighted by molar-refractivity contribution is 7.17. The van der Waals surface area contributed by atoms with Crippen LogP contribution in [-0.4, -0.2) is 40.8 Å². The number of nitrogens with one attached hydrogen (secondary N) is 1. The number of carbonyl (C=O) groups excluding carboxylic acids is 2. The molecule has 0 saturated heterocycles. The van der Waals surface area contributed by atoms with Crippen LogP contribution in [0.3, 0.4) is 0 Å². The molecule has 0 fully saturated rings. The van der Waals surface area contributed by atoms with E-state index in [4.69, 9.17) is 0 Å². The van der Waals surface area contributed by atoms with Gasteiger partial charge in [0.2, 0.25) is 0 Å². The van der Waals surface area contributed by atoms with Crippen LogP contribution in [-0.2, 0) is 6.54 Å². The zero-order valence-electron chi connectivity index (χ0n) is 15.4. The van der Waals surface area contributed by atoms with Gasteiger partial charge in [0.1, 0.15) is 9.88 Å². The van der Waals surface area contributed by atoms with Gasteiger partial charge < -0.3 is 10.2 Å². The minimum Gasteiger partial charge on any atom is -0.347 e. The number of nitrogens with zero attached hydrogens (tertiary/aromatic N) is 3. The lowest BCUT2D eigenvalue weighted by molar-refractivity contribution is 0.0827. The lowest BCUT2D eigenvalue weighted by Gasteiger charge is -2.10. The SMILES string of the molecule is Cc1nc(-c2ccccn2)sc1C(=O)NCc1ccc(C(=O)N(C)C)cc1. The molecule has 0 aliphatic heterocycles. The first-order valence-corrected chi connectivity index (χ1v) is 9.25. The summed E-state index contributed by atoms with van der Waals surface area (Å²) in [5.41, 5.74) is 2.98. The summed E-state index contributed by atoms with van der Waals surface area (Å²) < 4.78 is 0. The molecule has 0 aliphatic rings. The van der Waals surface area contributed by atoms with E-state index in [1.165, 1.54) is 16.2 Å². The largest absolute Gasteiger partial charge is 0.347 e. The van der Waals surface area contributed by atoms with E-state index in [0.717, 1.165) is 16.3 Å². The zero-order valence-corrected chi connectivity index (χ0v) is 16.2. The second-order valence-electron chi connectivity index (χ2n) is 6.23. The Balaban J connectivity index is 1.66. The van der Waals surface area contributed by atoms with Crippen LogP contribution in [0.5, 0.6) is 0 Å². The number of benzene rings is 1. The van der Waals surface area contributed by atoms with Gasteiger partial charge in [-0.2, -0.15) is 0 Å². The zero-order chi connectivity index (χ0) is 19.4. The van der Waals surface area contributed by atoms with Crippen molar-refractivity contribution < 1.29 is 9.59 Å². The van der Waals surface area contributed by atoms with Gasteiger partial charge in [-0.15, -0.1) is 11.3 Å². The highest BCUT2D eigenvalue weighted by Crippen LogP contribution is 2.26. The van der Waals surface area contributed by atoms with E-state index in [1.807, 2.05) is 37.3 Å². The third kappa shape index (κ3) is 4.38. The summed E-state index contributed by atoms with van der Waals surface area (Å²) in [4.78, 5) is 35.3. The van der Waals surface area contributed by atoms with Crippen LogP contribution >= 0.6 is 11.3 Å². The van der Waals surface area contributed by atoms with Gasteiger partial charge in [0.15, 0.2) is 0 Å². The molecule has 6 nitrogen and oxygen atoms in total. The van der Waals surface area contributed by atoms with Gasteiger partial charge >= 0.3 is 0 Å². The second-order valence-corrected chi connectivity index (χ2v) is 7.23. The summed E-state index contributed by atoms with van der Waals surface area (Å²) in [6, 6.07) is 12.8. The molecule has 7 heteroatoms. The molecule has 0 spiro atoms. The molecule has 3 aromatic rings. The number of carbonyl (C=O) groups is 2. The summed E-state index contributed by atoms with van der Waals surface area (Å²) in [5, 5.41) is 3.63. The summed E-state index contributed by atoms with van der Waals surface area (Å²) in [5.74, 6) is -0.214. The van der Waals surface area contributed by atoms with Crippen molar-refractivity contribution in [2.75, 3.05) is 14.1 Å². The summed E-state index contributed by atoms with van der Waals surface area (Å²) in [7, 11) is 3.43. The monoisotopic (exact) mass is 380 g/mol. The molecule has 0 bridgehead atoms. The number of thiazole rings is 1. The van der Waals surface area contributed by atoms with E-state index >= 15 is 0 Å². The minimum atomic E-state index is -0.166. The molecule has 0 aliphatic carbocycles. The van der Waals surface area contributed by atoms with Gasteiger partial charge in [-0.25, -0.2) is 4.98 Å². The highest BCUT2D eigenvalue weighted by Gasteiger charge is 2.16. The molecule has 2 aromatic heterocycles. The van der Waals surface area contributed by atoms with Crippen molar-refractivity contribution in [2.24, 2.45) is 0 Å². The quantitative estimate of drug-likeness (QED) is 0.738. The molecule has 27 heavy (non-hydrogen) atoms. The number of aryl methyl sites for hydroxylation is 1. The van der Waals surface area contributed by atoms with Gasteiger partial charge in [0.05, 0.1) is 11.4 Å². The third-order valence-corrected chi connectivity index (χ3v) is 5.13. The van der Waals surface area contributed by atoms with Gasteiger partial charge in [0, 0.05) is 32.4 Å². The topological polar surface area (TPSA) is 75.2 Å². The van der Waals surface area contributed by atoms with Crippen molar-refractivity contribution >= 4 is 23.2 Å². The Morgan fingerprint density at radius 1 is 1.11 bits per heavy atom. The van der Waals surface area contributed by atoms with Gasteiger partial charge in [0.25, 0.3) is 11.8 Å². The van der Waals surface area contributed by atoms with Crippen molar-refractivity contribution in [3.63, 3.8) is 0 Å². The van der Waals surface area contributed by atoms with Crippen LogP contribution in [0, 0.1) is 6.92 Å². The Labute approximate surface area is 161 Å². The molecule has 0 atom stereocenters. The van der Waals surface area contributed by atoms with E-state index in [2.05, 4.69) is 15.3 Å². The van der Waals surface area contributed by atoms with Crippen LogP contribution in [0.1, 0.15) is 31.3 Å². The third-order valence-electron chi connectivity index (χ3n) is 3.95. The van der Waals surface area contributed by atoms with Crippen LogP contribution in [0.25, 0.3) is 10.7 Å². The van der Waals surface area contributed by atoms with Gasteiger partial charge in [-0.05, 0) is 36.8 Å². The van der Waals surface area contributed by atoms with Crippen molar-refractivity contribution in [2.45, 2.75) is 13.5 Å². The standard InChI is InChI=1S/C20H20N4O2S/c1-13-17(27-19(23-13)16-6-4-5-11-21-16)18(25)22-12-14-7-9-15(10-8-14)20(26)24(2)3/h4-11H,12H2,1-3H3,(H,22,25). The Bertz CT molecular complexity index is 950. The van der Waals surface area contributed by atoms with Crippen molar-refractivity contribution in [3.05, 3.63) is 70.4 Å². The van der Waals surface area contributed by atoms with Gasteiger partial charge in [-0.1, -0.05) is 18.2 Å². The number of aromatic nitrogens is 2. The van der Waals surface area contributed by atoms with Crippen LogP contribution in [0.4, 0.5) is 0 Å². The number of pyridine rings is 1. The highest BCUT2D eigenvalue weighted by atomic mass is 32.1. The number of hydrogen-bond acceptors (Lipinski definition) is 5. The summed E-state index contributed by atoms with van der Waals surface area (Å²) in [6.07, 6.45) is 1.70. The Hall–Kier alpha value is -3.06.